The van der Waals surface area contributed by atoms with Gasteiger partial charge in [-0.05, 0) is 39.3 Å². The molecule has 0 unspecified atom stereocenters. The van der Waals surface area contributed by atoms with Crippen molar-refractivity contribution in [2.24, 2.45) is 0 Å². The summed E-state index contributed by atoms with van der Waals surface area (Å²) in [4.78, 5) is 4.00. The van der Waals surface area contributed by atoms with Crippen LogP contribution in [0.15, 0.2) is 23.4 Å². The molecule has 0 amide bonds. The molecule has 1 rings (SSSR count). The number of rotatable bonds is 9. The van der Waals surface area contributed by atoms with Gasteiger partial charge in [0, 0.05) is 25.9 Å². The molecule has 0 aliphatic heterocycles. The standard InChI is InChI=1S/C14H25N3O3S/c1-5-9-15-12-8-7-10-16-13(12)21(18,19)17-11-14(3,4)20-6-2/h7-8,10,15,17H,5-6,9,11H2,1-4H3. The molecule has 0 bridgehead atoms. The Bertz CT molecular complexity index is 544. The Hall–Kier alpha value is -1.18. The number of sulfonamides is 1. The van der Waals surface area contributed by atoms with Crippen molar-refractivity contribution >= 4 is 15.7 Å². The van der Waals surface area contributed by atoms with Crippen LogP contribution in [-0.2, 0) is 14.8 Å². The lowest BCUT2D eigenvalue weighted by Crippen LogP contribution is -2.40. The predicted molar refractivity (Wildman–Crippen MR) is 83.9 cm³/mol. The van der Waals surface area contributed by atoms with Gasteiger partial charge in [0.05, 0.1) is 11.3 Å². The highest BCUT2D eigenvalue weighted by atomic mass is 32.2. The fourth-order valence-corrected chi connectivity index (χ4v) is 3.08. The molecule has 0 radical (unpaired) electrons. The molecule has 0 aromatic carbocycles. The summed E-state index contributed by atoms with van der Waals surface area (Å²) in [7, 11) is -3.68. The molecular weight excluding hydrogens is 290 g/mol. The Morgan fingerprint density at radius 3 is 2.67 bits per heavy atom. The van der Waals surface area contributed by atoms with Crippen LogP contribution in [0.5, 0.6) is 0 Å². The highest BCUT2D eigenvalue weighted by Crippen LogP contribution is 2.18. The number of ether oxygens (including phenoxy) is 1. The molecule has 0 aliphatic rings. The highest BCUT2D eigenvalue weighted by Gasteiger charge is 2.25. The van der Waals surface area contributed by atoms with Crippen LogP contribution in [0.25, 0.3) is 0 Å². The summed E-state index contributed by atoms with van der Waals surface area (Å²) in [6.45, 7) is 8.98. The monoisotopic (exact) mass is 315 g/mol. The molecule has 120 valence electrons. The molecule has 6 nitrogen and oxygen atoms in total. The van der Waals surface area contributed by atoms with E-state index in [-0.39, 0.29) is 11.6 Å². The van der Waals surface area contributed by atoms with Gasteiger partial charge in [-0.15, -0.1) is 0 Å². The second-order valence-electron chi connectivity index (χ2n) is 5.30. The van der Waals surface area contributed by atoms with Crippen LogP contribution in [0.2, 0.25) is 0 Å². The average molecular weight is 315 g/mol. The fourth-order valence-electron chi connectivity index (χ4n) is 1.78. The fraction of sp³-hybridized carbons (Fsp3) is 0.643. The van der Waals surface area contributed by atoms with Crippen molar-refractivity contribution in [1.82, 2.24) is 9.71 Å². The number of hydrogen-bond acceptors (Lipinski definition) is 5. The quantitative estimate of drug-likeness (QED) is 0.728. The van der Waals surface area contributed by atoms with Crippen molar-refractivity contribution in [3.05, 3.63) is 18.3 Å². The number of pyridine rings is 1. The summed E-state index contributed by atoms with van der Waals surface area (Å²) < 4.78 is 32.9. The Kier molecular flexibility index (Phi) is 6.57. The van der Waals surface area contributed by atoms with E-state index in [9.17, 15) is 8.42 Å². The van der Waals surface area contributed by atoms with Crippen LogP contribution in [0.1, 0.15) is 34.1 Å². The predicted octanol–water partition coefficient (Wildman–Crippen LogP) is 2.00. The molecule has 7 heteroatoms. The first-order chi connectivity index (χ1) is 9.82. The topological polar surface area (TPSA) is 80.3 Å². The van der Waals surface area contributed by atoms with Gasteiger partial charge in [0.15, 0.2) is 5.03 Å². The summed E-state index contributed by atoms with van der Waals surface area (Å²) in [6.07, 6.45) is 2.37. The van der Waals surface area contributed by atoms with E-state index in [1.165, 1.54) is 6.20 Å². The lowest BCUT2D eigenvalue weighted by molar-refractivity contribution is -0.00515. The summed E-state index contributed by atoms with van der Waals surface area (Å²) in [5.41, 5.74) is -0.0470. The zero-order valence-electron chi connectivity index (χ0n) is 13.1. The van der Waals surface area contributed by atoms with Crippen molar-refractivity contribution in [2.45, 2.75) is 44.7 Å². The molecule has 1 aromatic heterocycles. The minimum atomic E-state index is -3.68. The summed E-state index contributed by atoms with van der Waals surface area (Å²) in [6, 6.07) is 3.42. The van der Waals surface area contributed by atoms with Gasteiger partial charge in [0.1, 0.15) is 0 Å². The number of aromatic nitrogens is 1. The Labute approximate surface area is 127 Å². The Morgan fingerprint density at radius 2 is 2.05 bits per heavy atom. The van der Waals surface area contributed by atoms with Crippen LogP contribution in [0.4, 0.5) is 5.69 Å². The highest BCUT2D eigenvalue weighted by molar-refractivity contribution is 7.89. The second-order valence-corrected chi connectivity index (χ2v) is 6.98. The van der Waals surface area contributed by atoms with Gasteiger partial charge >= 0.3 is 0 Å². The van der Waals surface area contributed by atoms with Crippen LogP contribution in [0, 0.1) is 0 Å². The molecule has 0 fully saturated rings. The largest absolute Gasteiger partial charge is 0.383 e. The molecule has 0 saturated carbocycles. The van der Waals surface area contributed by atoms with E-state index in [4.69, 9.17) is 4.74 Å². The van der Waals surface area contributed by atoms with Gasteiger partial charge in [0.2, 0.25) is 0 Å². The summed E-state index contributed by atoms with van der Waals surface area (Å²) in [5.74, 6) is 0. The first kappa shape index (κ1) is 17.9. The molecule has 1 aromatic rings. The van der Waals surface area contributed by atoms with E-state index in [1.54, 1.807) is 12.1 Å². The Balaban J connectivity index is 2.88. The van der Waals surface area contributed by atoms with Gasteiger partial charge in [-0.1, -0.05) is 6.92 Å². The summed E-state index contributed by atoms with van der Waals surface area (Å²) in [5, 5.41) is 3.10. The lowest BCUT2D eigenvalue weighted by Gasteiger charge is -2.24. The van der Waals surface area contributed by atoms with Crippen molar-refractivity contribution < 1.29 is 13.2 Å². The minimum absolute atomic E-state index is 0.0192. The zero-order valence-corrected chi connectivity index (χ0v) is 14.0. The van der Waals surface area contributed by atoms with Gasteiger partial charge in [0.25, 0.3) is 10.0 Å². The summed E-state index contributed by atoms with van der Waals surface area (Å²) >= 11 is 0. The normalized spacial score (nSPS) is 12.4. The van der Waals surface area contributed by atoms with E-state index < -0.39 is 15.6 Å². The van der Waals surface area contributed by atoms with Crippen molar-refractivity contribution in [1.29, 1.82) is 0 Å². The van der Waals surface area contributed by atoms with Gasteiger partial charge in [-0.25, -0.2) is 18.1 Å². The van der Waals surface area contributed by atoms with Crippen LogP contribution >= 0.6 is 0 Å². The molecule has 0 atom stereocenters. The third kappa shape index (κ3) is 5.61. The lowest BCUT2D eigenvalue weighted by atomic mass is 10.1. The number of nitrogens with zero attached hydrogens (tertiary/aromatic N) is 1. The van der Waals surface area contributed by atoms with Crippen molar-refractivity contribution in [3.8, 4) is 0 Å². The SMILES string of the molecule is CCCNc1cccnc1S(=O)(=O)NCC(C)(C)OCC. The first-order valence-corrected chi connectivity index (χ1v) is 8.63. The van der Waals surface area contributed by atoms with E-state index in [1.807, 2.05) is 27.7 Å². The van der Waals surface area contributed by atoms with Crippen LogP contribution in [-0.4, -0.2) is 38.7 Å². The number of hydrogen-bond donors (Lipinski definition) is 2. The molecule has 0 saturated heterocycles. The molecule has 0 spiro atoms. The molecule has 2 N–H and O–H groups in total. The van der Waals surface area contributed by atoms with E-state index >= 15 is 0 Å². The third-order valence-electron chi connectivity index (χ3n) is 2.81. The van der Waals surface area contributed by atoms with Crippen molar-refractivity contribution in [3.63, 3.8) is 0 Å². The second kappa shape index (κ2) is 7.72. The maximum atomic E-state index is 12.4. The third-order valence-corrected chi connectivity index (χ3v) is 4.17. The average Bonchev–Trinajstić information content (AvgIpc) is 2.43. The number of nitrogens with one attached hydrogen (secondary N) is 2. The van der Waals surface area contributed by atoms with Gasteiger partial charge < -0.3 is 10.1 Å². The first-order valence-electron chi connectivity index (χ1n) is 7.15. The maximum Gasteiger partial charge on any atom is 0.260 e. The zero-order chi connectivity index (χ0) is 15.9. The minimum Gasteiger partial charge on any atom is -0.383 e. The van der Waals surface area contributed by atoms with Gasteiger partial charge in [-0.3, -0.25) is 0 Å². The number of anilines is 1. The smallest absolute Gasteiger partial charge is 0.260 e. The van der Waals surface area contributed by atoms with Crippen molar-refractivity contribution in [2.75, 3.05) is 25.0 Å². The van der Waals surface area contributed by atoms with E-state index in [0.717, 1.165) is 6.42 Å². The molecule has 21 heavy (non-hydrogen) atoms. The maximum absolute atomic E-state index is 12.4. The molecule has 1 heterocycles. The Morgan fingerprint density at radius 1 is 1.33 bits per heavy atom. The van der Waals surface area contributed by atoms with E-state index in [0.29, 0.717) is 18.8 Å². The molecular formula is C14H25N3O3S. The van der Waals surface area contributed by atoms with Crippen LogP contribution in [0.3, 0.4) is 0 Å². The van der Waals surface area contributed by atoms with Gasteiger partial charge in [-0.2, -0.15) is 0 Å². The van der Waals surface area contributed by atoms with Crippen LogP contribution < -0.4 is 10.0 Å². The van der Waals surface area contributed by atoms with E-state index in [2.05, 4.69) is 15.0 Å². The molecule has 0 aliphatic carbocycles.